The van der Waals surface area contributed by atoms with Crippen molar-refractivity contribution in [2.75, 3.05) is 10.8 Å². The molecule has 0 atom stereocenters. The molecule has 1 fully saturated rings. The van der Waals surface area contributed by atoms with Crippen LogP contribution in [0.5, 0.6) is 0 Å². The lowest BCUT2D eigenvalue weighted by Crippen LogP contribution is -2.29. The van der Waals surface area contributed by atoms with E-state index in [2.05, 4.69) is 6.07 Å². The lowest BCUT2D eigenvalue weighted by molar-refractivity contribution is 0.597. The van der Waals surface area contributed by atoms with Crippen LogP contribution in [0, 0.1) is 0 Å². The maximum absolute atomic E-state index is 12.8. The Kier molecular flexibility index (Phi) is 3.29. The number of hydrogen-bond acceptors (Lipinski definition) is 2. The summed E-state index contributed by atoms with van der Waals surface area (Å²) in [5, 5.41) is 1.80. The number of hydrogen-bond donors (Lipinski definition) is 0. The molecule has 0 saturated heterocycles. The second-order valence-electron chi connectivity index (χ2n) is 6.17. The summed E-state index contributed by atoms with van der Waals surface area (Å²) in [7, 11) is -3.53. The van der Waals surface area contributed by atoms with Gasteiger partial charge in [-0.2, -0.15) is 0 Å². The van der Waals surface area contributed by atoms with E-state index < -0.39 is 10.0 Å². The van der Waals surface area contributed by atoms with Gasteiger partial charge in [-0.1, -0.05) is 48.0 Å². The largest absolute Gasteiger partial charge is 0.266 e. The summed E-state index contributed by atoms with van der Waals surface area (Å²) >= 11 is 6.09. The molecule has 3 nitrogen and oxygen atoms in total. The number of benzene rings is 2. The third-order valence-electron chi connectivity index (χ3n) is 4.68. The molecule has 0 N–H and O–H groups in total. The van der Waals surface area contributed by atoms with Crippen LogP contribution in [-0.4, -0.2) is 15.0 Å². The van der Waals surface area contributed by atoms with Crippen molar-refractivity contribution in [3.63, 3.8) is 0 Å². The highest BCUT2D eigenvalue weighted by Gasteiger charge is 2.53. The van der Waals surface area contributed by atoms with Crippen molar-refractivity contribution < 1.29 is 8.42 Å². The molecule has 1 spiro atoms. The SMILES string of the molecule is O=S(=O)(C=Cc1ccccc1Cl)N1CC2(CC2)c2ccccc21. The Bertz CT molecular complexity index is 901. The molecule has 2 aliphatic rings. The molecule has 0 radical (unpaired) electrons. The van der Waals surface area contributed by atoms with Crippen LogP contribution in [0.4, 0.5) is 5.69 Å². The summed E-state index contributed by atoms with van der Waals surface area (Å²) in [6.07, 6.45) is 3.69. The molecular weight excluding hydrogens is 330 g/mol. The maximum atomic E-state index is 12.8. The smallest absolute Gasteiger partial charge is 0.257 e. The minimum absolute atomic E-state index is 0.0435. The monoisotopic (exact) mass is 345 g/mol. The van der Waals surface area contributed by atoms with Crippen molar-refractivity contribution >= 4 is 33.4 Å². The van der Waals surface area contributed by atoms with Gasteiger partial charge >= 0.3 is 0 Å². The first kappa shape index (κ1) is 14.8. The molecule has 2 aromatic carbocycles. The van der Waals surface area contributed by atoms with Crippen LogP contribution in [-0.2, 0) is 15.4 Å². The van der Waals surface area contributed by atoms with E-state index >= 15 is 0 Å². The normalized spacial score (nSPS) is 18.6. The van der Waals surface area contributed by atoms with Crippen LogP contribution < -0.4 is 4.31 Å². The number of para-hydroxylation sites is 1. The second kappa shape index (κ2) is 5.11. The van der Waals surface area contributed by atoms with Crippen LogP contribution in [0.2, 0.25) is 5.02 Å². The Morgan fingerprint density at radius 2 is 1.74 bits per heavy atom. The van der Waals surface area contributed by atoms with E-state index in [1.54, 1.807) is 18.2 Å². The summed E-state index contributed by atoms with van der Waals surface area (Å²) in [4.78, 5) is 0. The molecule has 5 heteroatoms. The van der Waals surface area contributed by atoms with Crippen LogP contribution >= 0.6 is 11.6 Å². The van der Waals surface area contributed by atoms with Crippen molar-refractivity contribution in [2.24, 2.45) is 0 Å². The zero-order valence-electron chi connectivity index (χ0n) is 12.4. The van der Waals surface area contributed by atoms with E-state index in [0.717, 1.165) is 24.1 Å². The Hall–Kier alpha value is -1.78. The van der Waals surface area contributed by atoms with E-state index in [1.165, 1.54) is 9.71 Å². The van der Waals surface area contributed by atoms with Crippen molar-refractivity contribution in [2.45, 2.75) is 18.3 Å². The molecule has 0 amide bonds. The van der Waals surface area contributed by atoms with Crippen molar-refractivity contribution in [1.82, 2.24) is 0 Å². The van der Waals surface area contributed by atoms with Crippen molar-refractivity contribution in [3.8, 4) is 0 Å². The molecule has 0 bridgehead atoms. The van der Waals surface area contributed by atoms with Gasteiger partial charge < -0.3 is 0 Å². The Morgan fingerprint density at radius 1 is 1.04 bits per heavy atom. The molecule has 1 heterocycles. The fourth-order valence-corrected chi connectivity index (χ4v) is 4.76. The van der Waals surface area contributed by atoms with Gasteiger partial charge in [-0.05, 0) is 42.2 Å². The van der Waals surface area contributed by atoms with Gasteiger partial charge in [0.25, 0.3) is 10.0 Å². The van der Waals surface area contributed by atoms with Gasteiger partial charge in [0.1, 0.15) is 0 Å². The third kappa shape index (κ3) is 2.46. The first-order valence-electron chi connectivity index (χ1n) is 7.57. The molecule has 4 rings (SSSR count). The Labute approximate surface area is 141 Å². The van der Waals surface area contributed by atoms with Gasteiger partial charge in [0.2, 0.25) is 0 Å². The standard InChI is InChI=1S/C18H16ClNO2S/c19-16-7-3-1-5-14(16)9-12-23(21,22)20-13-18(10-11-18)15-6-2-4-8-17(15)20/h1-9,12H,10-11,13H2. The molecule has 23 heavy (non-hydrogen) atoms. The lowest BCUT2D eigenvalue weighted by Gasteiger charge is -2.17. The molecule has 0 unspecified atom stereocenters. The average Bonchev–Trinajstić information content (AvgIpc) is 3.24. The molecule has 118 valence electrons. The highest BCUT2D eigenvalue weighted by Crippen LogP contribution is 2.57. The zero-order valence-corrected chi connectivity index (χ0v) is 14.0. The number of halogens is 1. The summed E-state index contributed by atoms with van der Waals surface area (Å²) in [6, 6.07) is 15.0. The van der Waals surface area contributed by atoms with E-state index in [0.29, 0.717) is 17.1 Å². The average molecular weight is 346 g/mol. The number of fused-ring (bicyclic) bond motifs is 2. The minimum atomic E-state index is -3.53. The summed E-state index contributed by atoms with van der Waals surface area (Å²) < 4.78 is 27.1. The number of rotatable bonds is 3. The van der Waals surface area contributed by atoms with Gasteiger partial charge in [0, 0.05) is 17.0 Å². The Balaban J connectivity index is 1.69. The van der Waals surface area contributed by atoms with Gasteiger partial charge in [0.05, 0.1) is 11.1 Å². The topological polar surface area (TPSA) is 37.4 Å². The molecule has 2 aromatic rings. The van der Waals surface area contributed by atoms with Crippen LogP contribution in [0.3, 0.4) is 0 Å². The van der Waals surface area contributed by atoms with Crippen LogP contribution in [0.25, 0.3) is 6.08 Å². The van der Waals surface area contributed by atoms with Crippen molar-refractivity contribution in [3.05, 3.63) is 70.1 Å². The van der Waals surface area contributed by atoms with Gasteiger partial charge in [0.15, 0.2) is 0 Å². The predicted octanol–water partition coefficient (Wildman–Crippen LogP) is 4.19. The van der Waals surface area contributed by atoms with E-state index in [1.807, 2.05) is 30.3 Å². The molecule has 1 aliphatic heterocycles. The fraction of sp³-hybridized carbons (Fsp3) is 0.222. The quantitative estimate of drug-likeness (QED) is 0.836. The first-order chi connectivity index (χ1) is 11.0. The molecule has 1 saturated carbocycles. The number of sulfonamides is 1. The van der Waals surface area contributed by atoms with Gasteiger partial charge in [-0.3, -0.25) is 4.31 Å². The molecule has 0 aromatic heterocycles. The number of nitrogens with zero attached hydrogens (tertiary/aromatic N) is 1. The predicted molar refractivity (Wildman–Crippen MR) is 94.1 cm³/mol. The highest BCUT2D eigenvalue weighted by atomic mass is 35.5. The van der Waals surface area contributed by atoms with E-state index in [9.17, 15) is 8.42 Å². The minimum Gasteiger partial charge on any atom is -0.266 e. The lowest BCUT2D eigenvalue weighted by atomic mass is 9.99. The third-order valence-corrected chi connectivity index (χ3v) is 6.44. The summed E-state index contributed by atoms with van der Waals surface area (Å²) in [5.41, 5.74) is 2.72. The highest BCUT2D eigenvalue weighted by molar-refractivity contribution is 7.95. The first-order valence-corrected chi connectivity index (χ1v) is 9.45. The van der Waals surface area contributed by atoms with Crippen LogP contribution in [0.15, 0.2) is 53.9 Å². The van der Waals surface area contributed by atoms with E-state index in [-0.39, 0.29) is 5.41 Å². The molecule has 1 aliphatic carbocycles. The van der Waals surface area contributed by atoms with Crippen molar-refractivity contribution in [1.29, 1.82) is 0 Å². The second-order valence-corrected chi connectivity index (χ2v) is 8.32. The zero-order chi connectivity index (χ0) is 16.1. The maximum Gasteiger partial charge on any atom is 0.257 e. The van der Waals surface area contributed by atoms with Gasteiger partial charge in [-0.25, -0.2) is 8.42 Å². The van der Waals surface area contributed by atoms with Gasteiger partial charge in [-0.15, -0.1) is 0 Å². The number of anilines is 1. The molecular formula is C18H16ClNO2S. The van der Waals surface area contributed by atoms with Crippen LogP contribution in [0.1, 0.15) is 24.0 Å². The fourth-order valence-electron chi connectivity index (χ4n) is 3.23. The summed E-state index contributed by atoms with van der Waals surface area (Å²) in [6.45, 7) is 0.543. The summed E-state index contributed by atoms with van der Waals surface area (Å²) in [5.74, 6) is 0. The Morgan fingerprint density at radius 3 is 2.48 bits per heavy atom. The van der Waals surface area contributed by atoms with E-state index in [4.69, 9.17) is 11.6 Å².